The van der Waals surface area contributed by atoms with Gasteiger partial charge in [0.1, 0.15) is 17.1 Å². The van der Waals surface area contributed by atoms with Crippen molar-refractivity contribution in [1.29, 1.82) is 0 Å². The number of aromatic nitrogens is 1. The number of benzene rings is 1. The van der Waals surface area contributed by atoms with Crippen molar-refractivity contribution in [2.75, 3.05) is 17.2 Å². The summed E-state index contributed by atoms with van der Waals surface area (Å²) in [6.45, 7) is 0. The van der Waals surface area contributed by atoms with Gasteiger partial charge in [0.05, 0.1) is 6.42 Å². The molecule has 1 aromatic heterocycles. The Morgan fingerprint density at radius 2 is 2.09 bits per heavy atom. The summed E-state index contributed by atoms with van der Waals surface area (Å²) in [5.41, 5.74) is 7.38. The summed E-state index contributed by atoms with van der Waals surface area (Å²) in [5.74, 6) is -1.59. The fraction of sp³-hybridized carbons (Fsp3) is 0.250. The highest BCUT2D eigenvalue weighted by molar-refractivity contribution is 8.14. The van der Waals surface area contributed by atoms with Crippen molar-refractivity contribution >= 4 is 63.4 Å². The van der Waals surface area contributed by atoms with E-state index < -0.39 is 23.3 Å². The number of hydrogen-bond acceptors (Lipinski definition) is 9. The zero-order valence-corrected chi connectivity index (χ0v) is 19.0. The molecular formula is C20H18N4O5S3. The van der Waals surface area contributed by atoms with Crippen LogP contribution in [0.4, 0.5) is 5.69 Å². The molecule has 4 rings (SSSR count). The Kier molecular flexibility index (Phi) is 6.53. The summed E-state index contributed by atoms with van der Waals surface area (Å²) >= 11 is 3.53. The normalized spacial score (nSPS) is 19.9. The number of nitrogen functional groups attached to an aromatic ring is 1. The Hall–Kier alpha value is -2.83. The number of thioether (sulfide) groups is 2. The number of carboxylic acids is 1. The Balaban J connectivity index is 1.42. The van der Waals surface area contributed by atoms with Crippen molar-refractivity contribution in [2.45, 2.75) is 17.8 Å². The number of hydrogen-bond donors (Lipinski definition) is 3. The van der Waals surface area contributed by atoms with E-state index in [1.165, 1.54) is 34.2 Å². The zero-order chi connectivity index (χ0) is 22.8. The molecule has 32 heavy (non-hydrogen) atoms. The topological polar surface area (TPSA) is 143 Å². The zero-order valence-electron chi connectivity index (χ0n) is 16.5. The van der Waals surface area contributed by atoms with E-state index in [9.17, 15) is 24.3 Å². The Bertz CT molecular complexity index is 1120. The number of thiazole rings is 1. The number of carboxylic acid groups (broad SMARTS) is 1. The molecule has 1 fully saturated rings. The van der Waals surface area contributed by atoms with Gasteiger partial charge in [0.15, 0.2) is 5.01 Å². The molecule has 0 bridgehead atoms. The largest absolute Gasteiger partial charge is 0.477 e. The van der Waals surface area contributed by atoms with E-state index in [-0.39, 0.29) is 28.9 Å². The number of β-lactam (4-membered cyclic amide) rings is 1. The summed E-state index contributed by atoms with van der Waals surface area (Å²) in [5, 5.41) is 13.7. The third-order valence-electron chi connectivity index (χ3n) is 4.96. The fourth-order valence-corrected chi connectivity index (χ4v) is 6.41. The lowest BCUT2D eigenvalue weighted by atomic mass is 10.0. The van der Waals surface area contributed by atoms with Gasteiger partial charge < -0.3 is 16.2 Å². The lowest BCUT2D eigenvalue weighted by molar-refractivity contribution is -0.150. The second kappa shape index (κ2) is 9.35. The van der Waals surface area contributed by atoms with Crippen molar-refractivity contribution in [1.82, 2.24) is 15.2 Å². The van der Waals surface area contributed by atoms with Crippen LogP contribution in [0.1, 0.15) is 15.4 Å². The minimum Gasteiger partial charge on any atom is -0.477 e. The maximum absolute atomic E-state index is 12.7. The van der Waals surface area contributed by atoms with Gasteiger partial charge in [0.2, 0.25) is 11.0 Å². The molecule has 1 aromatic carbocycles. The van der Waals surface area contributed by atoms with E-state index in [4.69, 9.17) is 5.73 Å². The van der Waals surface area contributed by atoms with Gasteiger partial charge in [0.25, 0.3) is 5.91 Å². The van der Waals surface area contributed by atoms with Gasteiger partial charge in [-0.15, -0.1) is 23.1 Å². The average Bonchev–Trinajstić information content (AvgIpc) is 3.31. The lowest BCUT2D eigenvalue weighted by Crippen LogP contribution is -2.70. The first kappa shape index (κ1) is 22.4. The monoisotopic (exact) mass is 490 g/mol. The van der Waals surface area contributed by atoms with E-state index in [1.54, 1.807) is 29.6 Å². The molecule has 2 aliphatic heterocycles. The van der Waals surface area contributed by atoms with Crippen LogP contribution in [0.25, 0.3) is 0 Å². The fourth-order valence-electron chi connectivity index (χ4n) is 3.43. The number of carbonyl (C=O) groups excluding carboxylic acids is 3. The van der Waals surface area contributed by atoms with Crippen molar-refractivity contribution < 1.29 is 24.3 Å². The first-order valence-electron chi connectivity index (χ1n) is 9.46. The average molecular weight is 491 g/mol. The van der Waals surface area contributed by atoms with Crippen LogP contribution in [-0.4, -0.2) is 60.8 Å². The summed E-state index contributed by atoms with van der Waals surface area (Å²) in [7, 11) is 0. The minimum absolute atomic E-state index is 0.0240. The molecule has 9 nitrogen and oxygen atoms in total. The molecule has 166 valence electrons. The van der Waals surface area contributed by atoms with Crippen LogP contribution in [0.2, 0.25) is 0 Å². The van der Waals surface area contributed by atoms with Crippen LogP contribution in [0, 0.1) is 0 Å². The molecule has 1 saturated heterocycles. The summed E-state index contributed by atoms with van der Waals surface area (Å²) < 4.78 is 0. The molecule has 4 N–H and O–H groups in total. The van der Waals surface area contributed by atoms with Crippen LogP contribution in [0.3, 0.4) is 0 Å². The van der Waals surface area contributed by atoms with Crippen molar-refractivity contribution in [3.63, 3.8) is 0 Å². The van der Waals surface area contributed by atoms with Crippen LogP contribution in [-0.2, 0) is 20.8 Å². The number of fused-ring (bicyclic) bond motifs is 1. The van der Waals surface area contributed by atoms with Crippen LogP contribution in [0.15, 0.2) is 47.1 Å². The van der Waals surface area contributed by atoms with E-state index in [1.807, 2.05) is 0 Å². The summed E-state index contributed by atoms with van der Waals surface area (Å²) in [4.78, 5) is 54.4. The van der Waals surface area contributed by atoms with Gasteiger partial charge >= 0.3 is 5.97 Å². The summed E-state index contributed by atoms with van der Waals surface area (Å²) in [6.07, 6.45) is 1.55. The highest BCUT2D eigenvalue weighted by Crippen LogP contribution is 2.41. The number of anilines is 1. The van der Waals surface area contributed by atoms with Crippen molar-refractivity contribution in [3.05, 3.63) is 57.7 Å². The number of rotatable bonds is 7. The number of nitrogens with one attached hydrogen (secondary N) is 1. The minimum atomic E-state index is -1.23. The van der Waals surface area contributed by atoms with Crippen LogP contribution >= 0.6 is 34.9 Å². The van der Waals surface area contributed by atoms with Crippen molar-refractivity contribution in [2.24, 2.45) is 0 Å². The molecule has 3 heterocycles. The number of para-hydroxylation sites is 1. The standard InChI is InChI=1S/C20H18N4O5S3/c21-12-4-2-1-3-10(12)7-13(25)23-14-17(26)24-15(19(27)28)11(8-31-18(14)24)9-32-20(29)16-22-5-6-30-16/h1-6,14,18H,7-9,21H2,(H,23,25)(H,27,28)/t14?,18-/m1/s1. The molecule has 0 spiro atoms. The van der Waals surface area contributed by atoms with Gasteiger partial charge in [-0.05, 0) is 17.2 Å². The maximum atomic E-state index is 12.7. The number of nitrogens with two attached hydrogens (primary N) is 1. The van der Waals surface area contributed by atoms with Gasteiger partial charge in [-0.3, -0.25) is 19.3 Å². The van der Waals surface area contributed by atoms with Gasteiger partial charge in [0, 0.05) is 28.8 Å². The Morgan fingerprint density at radius 3 is 2.78 bits per heavy atom. The smallest absolute Gasteiger partial charge is 0.352 e. The van der Waals surface area contributed by atoms with Crippen LogP contribution < -0.4 is 11.1 Å². The molecule has 12 heteroatoms. The van der Waals surface area contributed by atoms with Crippen molar-refractivity contribution in [3.8, 4) is 0 Å². The molecule has 0 saturated carbocycles. The number of carbonyl (C=O) groups is 4. The lowest BCUT2D eigenvalue weighted by Gasteiger charge is -2.49. The second-order valence-electron chi connectivity index (χ2n) is 7.00. The van der Waals surface area contributed by atoms with Gasteiger partial charge in [-0.1, -0.05) is 30.0 Å². The highest BCUT2D eigenvalue weighted by atomic mass is 32.2. The number of amides is 2. The molecular weight excluding hydrogens is 472 g/mol. The molecule has 0 aliphatic carbocycles. The first-order chi connectivity index (χ1) is 15.4. The maximum Gasteiger partial charge on any atom is 0.352 e. The third-order valence-corrected chi connectivity index (χ3v) is 8.15. The van der Waals surface area contributed by atoms with E-state index in [0.29, 0.717) is 27.6 Å². The molecule has 2 atom stereocenters. The quantitative estimate of drug-likeness (QED) is 0.389. The highest BCUT2D eigenvalue weighted by Gasteiger charge is 2.54. The van der Waals surface area contributed by atoms with E-state index in [2.05, 4.69) is 10.3 Å². The Morgan fingerprint density at radius 1 is 1.31 bits per heavy atom. The molecule has 1 unspecified atom stereocenters. The van der Waals surface area contributed by atoms with Gasteiger partial charge in [-0.2, -0.15) is 0 Å². The first-order valence-corrected chi connectivity index (χ1v) is 12.4. The third kappa shape index (κ3) is 4.38. The van der Waals surface area contributed by atoms with Gasteiger partial charge in [-0.25, -0.2) is 9.78 Å². The SMILES string of the molecule is Nc1ccccc1CC(=O)NC1C(=O)N2C(C(=O)O)=C(CSC(=O)c3nccs3)CS[C@H]12. The van der Waals surface area contributed by atoms with E-state index >= 15 is 0 Å². The van der Waals surface area contributed by atoms with Crippen LogP contribution in [0.5, 0.6) is 0 Å². The number of aliphatic carboxylic acids is 1. The van der Waals surface area contributed by atoms with E-state index in [0.717, 1.165) is 11.8 Å². The predicted molar refractivity (Wildman–Crippen MR) is 123 cm³/mol. The Labute approximate surface area is 195 Å². The number of nitrogens with zero attached hydrogens (tertiary/aromatic N) is 2. The molecule has 2 aliphatic rings. The molecule has 0 radical (unpaired) electrons. The predicted octanol–water partition coefficient (Wildman–Crippen LogP) is 1.58. The molecule has 2 amide bonds. The molecule has 2 aromatic rings. The second-order valence-corrected chi connectivity index (χ2v) is 9.95. The summed E-state index contributed by atoms with van der Waals surface area (Å²) in [6, 6.07) is 6.16.